The molecule has 35 heavy (non-hydrogen) atoms. The van der Waals surface area contributed by atoms with Crippen LogP contribution in [0.3, 0.4) is 0 Å². The molecule has 3 atom stereocenters. The van der Waals surface area contributed by atoms with E-state index in [0.717, 1.165) is 11.3 Å². The van der Waals surface area contributed by atoms with Crippen LogP contribution in [0, 0.1) is 16.6 Å². The Morgan fingerprint density at radius 3 is 2.51 bits per heavy atom. The van der Waals surface area contributed by atoms with Gasteiger partial charge in [-0.1, -0.05) is 61.9 Å². The lowest BCUT2D eigenvalue weighted by Crippen LogP contribution is -2.64. The molecule has 0 radical (unpaired) electrons. The average molecular weight is 491 g/mol. The topological polar surface area (TPSA) is 65.0 Å². The molecule has 6 rings (SSSR count). The number of allylic oxidation sites excluding steroid dienone is 1. The van der Waals surface area contributed by atoms with Gasteiger partial charge < -0.3 is 5.32 Å². The minimum absolute atomic E-state index is 0.0809. The standard InChI is InChI=1S/C27H24ClFN4O2/c1-26(2)11-12-27(3)23-22(26)30-19(34)14-32(23)25(35)33-21(16-5-4-6-18(29)13-16)20(31-24(27)33)15-7-9-17(28)10-8-15/h4-13,20-21H,14H2,1-3H3,(H,30,34). The molecule has 2 aromatic rings. The Bertz CT molecular complexity index is 1380. The molecule has 1 aliphatic carbocycles. The van der Waals surface area contributed by atoms with E-state index in [2.05, 4.69) is 17.5 Å². The van der Waals surface area contributed by atoms with E-state index in [-0.39, 0.29) is 24.3 Å². The first-order valence-corrected chi connectivity index (χ1v) is 11.9. The number of urea groups is 1. The number of hydrogen-bond donors (Lipinski definition) is 1. The number of hydrogen-bond acceptors (Lipinski definition) is 3. The van der Waals surface area contributed by atoms with Gasteiger partial charge in [0.2, 0.25) is 5.91 Å². The predicted octanol–water partition coefficient (Wildman–Crippen LogP) is 5.35. The lowest BCUT2D eigenvalue weighted by atomic mass is 9.69. The maximum Gasteiger partial charge on any atom is 0.330 e. The molecular weight excluding hydrogens is 467 g/mol. The van der Waals surface area contributed by atoms with E-state index < -0.39 is 22.9 Å². The molecule has 0 bridgehead atoms. The van der Waals surface area contributed by atoms with Crippen molar-refractivity contribution >= 4 is 29.4 Å². The van der Waals surface area contributed by atoms with Gasteiger partial charge in [0, 0.05) is 16.1 Å². The number of amides is 3. The summed E-state index contributed by atoms with van der Waals surface area (Å²) in [6.45, 7) is 5.95. The van der Waals surface area contributed by atoms with E-state index in [9.17, 15) is 14.0 Å². The molecule has 3 unspecified atom stereocenters. The van der Waals surface area contributed by atoms with E-state index in [1.165, 1.54) is 12.1 Å². The van der Waals surface area contributed by atoms with Gasteiger partial charge in [-0.15, -0.1) is 0 Å². The molecule has 1 saturated heterocycles. The second kappa shape index (κ2) is 7.28. The monoisotopic (exact) mass is 490 g/mol. The lowest BCUT2D eigenvalue weighted by Gasteiger charge is -2.53. The highest BCUT2D eigenvalue weighted by atomic mass is 35.5. The molecule has 3 aliphatic heterocycles. The Morgan fingerprint density at radius 2 is 1.80 bits per heavy atom. The molecule has 0 saturated carbocycles. The molecule has 0 spiro atoms. The summed E-state index contributed by atoms with van der Waals surface area (Å²) in [5.74, 6) is -0.0386. The summed E-state index contributed by atoms with van der Waals surface area (Å²) in [7, 11) is 0. The van der Waals surface area contributed by atoms with Crippen LogP contribution < -0.4 is 5.32 Å². The van der Waals surface area contributed by atoms with Gasteiger partial charge in [-0.2, -0.15) is 0 Å². The summed E-state index contributed by atoms with van der Waals surface area (Å²) in [6.07, 6.45) is 4.13. The molecule has 178 valence electrons. The molecule has 1 N–H and O–H groups in total. The number of nitrogens with one attached hydrogen (secondary N) is 1. The van der Waals surface area contributed by atoms with Crippen LogP contribution in [-0.2, 0) is 4.79 Å². The van der Waals surface area contributed by atoms with Gasteiger partial charge in [-0.25, -0.2) is 9.18 Å². The van der Waals surface area contributed by atoms with Gasteiger partial charge >= 0.3 is 6.03 Å². The van der Waals surface area contributed by atoms with Crippen LogP contribution in [0.25, 0.3) is 0 Å². The van der Waals surface area contributed by atoms with Crippen LogP contribution >= 0.6 is 11.6 Å². The zero-order valence-corrected chi connectivity index (χ0v) is 20.3. The van der Waals surface area contributed by atoms with Gasteiger partial charge in [0.15, 0.2) is 0 Å². The first-order chi connectivity index (χ1) is 16.6. The number of fused-ring (bicyclic) bond motifs is 2. The van der Waals surface area contributed by atoms with E-state index in [0.29, 0.717) is 22.1 Å². The number of carbonyl (C=O) groups is 2. The Morgan fingerprint density at radius 1 is 1.06 bits per heavy atom. The molecule has 3 heterocycles. The van der Waals surface area contributed by atoms with E-state index in [4.69, 9.17) is 16.6 Å². The first kappa shape index (κ1) is 22.0. The van der Waals surface area contributed by atoms with Crippen molar-refractivity contribution in [3.8, 4) is 0 Å². The number of aliphatic imine (C=N–C) groups is 1. The lowest BCUT2D eigenvalue weighted by molar-refractivity contribution is -0.122. The van der Waals surface area contributed by atoms with Gasteiger partial charge in [-0.3, -0.25) is 19.6 Å². The highest BCUT2D eigenvalue weighted by Gasteiger charge is 2.59. The van der Waals surface area contributed by atoms with E-state index in [1.54, 1.807) is 28.0 Å². The molecule has 0 aromatic heterocycles. The maximum atomic E-state index is 14.4. The molecule has 1 fully saturated rings. The van der Waals surface area contributed by atoms with Crippen LogP contribution in [0.5, 0.6) is 0 Å². The van der Waals surface area contributed by atoms with Crippen molar-refractivity contribution in [2.24, 2.45) is 15.8 Å². The van der Waals surface area contributed by atoms with Crippen LogP contribution in [0.1, 0.15) is 44.0 Å². The van der Waals surface area contributed by atoms with Crippen molar-refractivity contribution in [1.29, 1.82) is 0 Å². The average Bonchev–Trinajstić information content (AvgIpc) is 3.23. The molecule has 2 aromatic carbocycles. The van der Waals surface area contributed by atoms with E-state index in [1.807, 2.05) is 39.0 Å². The summed E-state index contributed by atoms with van der Waals surface area (Å²) in [5.41, 5.74) is 1.76. The van der Waals surface area contributed by atoms with Crippen molar-refractivity contribution in [1.82, 2.24) is 15.1 Å². The van der Waals surface area contributed by atoms with Crippen molar-refractivity contribution in [3.05, 3.63) is 94.0 Å². The minimum atomic E-state index is -0.751. The van der Waals surface area contributed by atoms with Crippen LogP contribution in [0.4, 0.5) is 9.18 Å². The molecule has 4 aliphatic rings. The third-order valence-corrected chi connectivity index (χ3v) is 7.66. The molecule has 6 nitrogen and oxygen atoms in total. The van der Waals surface area contributed by atoms with Crippen molar-refractivity contribution in [3.63, 3.8) is 0 Å². The zero-order valence-electron chi connectivity index (χ0n) is 19.5. The summed E-state index contributed by atoms with van der Waals surface area (Å²) >= 11 is 6.14. The number of benzene rings is 2. The highest BCUT2D eigenvalue weighted by molar-refractivity contribution is 6.30. The van der Waals surface area contributed by atoms with Crippen LogP contribution in [0.15, 0.2) is 77.1 Å². The van der Waals surface area contributed by atoms with Gasteiger partial charge in [-0.05, 0) is 42.3 Å². The fourth-order valence-electron chi connectivity index (χ4n) is 5.68. The number of carbonyl (C=O) groups excluding carboxylic acids is 2. The quantitative estimate of drug-likeness (QED) is 0.576. The second-order valence-electron chi connectivity index (χ2n) is 10.2. The third kappa shape index (κ3) is 3.11. The van der Waals surface area contributed by atoms with Gasteiger partial charge in [0.1, 0.15) is 24.2 Å². The molecule has 8 heteroatoms. The highest BCUT2D eigenvalue weighted by Crippen LogP contribution is 2.55. The summed E-state index contributed by atoms with van der Waals surface area (Å²) in [5, 5.41) is 3.61. The Kier molecular flexibility index (Phi) is 4.58. The van der Waals surface area contributed by atoms with Crippen molar-refractivity contribution < 1.29 is 14.0 Å². The fraction of sp³-hybridized carbons (Fsp3) is 0.296. The molecule has 3 amide bonds. The van der Waals surface area contributed by atoms with Crippen LogP contribution in [-0.4, -0.2) is 34.1 Å². The summed E-state index contributed by atoms with van der Waals surface area (Å²) < 4.78 is 14.4. The zero-order chi connectivity index (χ0) is 24.7. The SMILES string of the molecule is CC1(C)C=CC2(C)C3=NC(c4ccc(Cl)cc4)C(c4cccc(F)c4)N3C(=O)N3CC(=O)NC1=C32. The van der Waals surface area contributed by atoms with Crippen LogP contribution in [0.2, 0.25) is 5.02 Å². The van der Waals surface area contributed by atoms with E-state index >= 15 is 0 Å². The Balaban J connectivity index is 1.59. The van der Waals surface area contributed by atoms with Gasteiger partial charge in [0.25, 0.3) is 0 Å². The number of nitrogens with zero attached hydrogens (tertiary/aromatic N) is 3. The van der Waals surface area contributed by atoms with Crippen molar-refractivity contribution in [2.75, 3.05) is 6.54 Å². The summed E-state index contributed by atoms with van der Waals surface area (Å²) in [6, 6.07) is 12.2. The third-order valence-electron chi connectivity index (χ3n) is 7.41. The number of halogens is 2. The largest absolute Gasteiger partial charge is 0.330 e. The Labute approximate surface area is 207 Å². The Hall–Kier alpha value is -3.45. The van der Waals surface area contributed by atoms with Gasteiger partial charge in [0.05, 0.1) is 17.2 Å². The predicted molar refractivity (Wildman–Crippen MR) is 131 cm³/mol. The summed E-state index contributed by atoms with van der Waals surface area (Å²) in [4.78, 5) is 35.1. The normalized spacial score (nSPS) is 28.5. The van der Waals surface area contributed by atoms with Crippen molar-refractivity contribution in [2.45, 2.75) is 32.9 Å². The smallest absolute Gasteiger partial charge is 0.326 e. The molecular formula is C27H24ClFN4O2. The first-order valence-electron chi connectivity index (χ1n) is 11.6. The fourth-order valence-corrected chi connectivity index (χ4v) is 5.81. The maximum absolute atomic E-state index is 14.4. The second-order valence-corrected chi connectivity index (χ2v) is 10.7. The number of amidine groups is 1. The minimum Gasteiger partial charge on any atom is -0.326 e. The number of rotatable bonds is 2.